The van der Waals surface area contributed by atoms with Crippen LogP contribution < -0.4 is 5.32 Å². The molecule has 3 aromatic rings. The summed E-state index contributed by atoms with van der Waals surface area (Å²) >= 11 is 0. The van der Waals surface area contributed by atoms with Crippen molar-refractivity contribution < 1.29 is 4.63 Å². The first kappa shape index (κ1) is 12.5. The van der Waals surface area contributed by atoms with Crippen LogP contribution >= 0.6 is 0 Å². The quantitative estimate of drug-likeness (QED) is 0.786. The Morgan fingerprint density at radius 1 is 1.15 bits per heavy atom. The average molecular weight is 269 g/mol. The molecule has 3 aromatic heterocycles. The van der Waals surface area contributed by atoms with Gasteiger partial charge in [-0.2, -0.15) is 0 Å². The molecule has 102 valence electrons. The normalized spacial score (nSPS) is 10.9. The lowest BCUT2D eigenvalue weighted by molar-refractivity contribution is 0.315. The molecule has 0 spiro atoms. The Bertz CT molecular complexity index is 765. The van der Waals surface area contributed by atoms with Crippen LogP contribution in [0.2, 0.25) is 0 Å². The molecule has 0 saturated heterocycles. The molecule has 6 nitrogen and oxygen atoms in total. The smallest absolute Gasteiger partial charge is 0.226 e. The second kappa shape index (κ2) is 4.88. The van der Waals surface area contributed by atoms with Gasteiger partial charge in [0.2, 0.25) is 5.65 Å². The Morgan fingerprint density at radius 2 is 2.00 bits per heavy atom. The number of fused-ring (bicyclic) bond motifs is 1. The third-order valence-electron chi connectivity index (χ3n) is 3.27. The zero-order valence-corrected chi connectivity index (χ0v) is 11.6. The maximum Gasteiger partial charge on any atom is 0.226 e. The number of pyridine rings is 2. The maximum atomic E-state index is 4.77. The highest BCUT2D eigenvalue weighted by Gasteiger charge is 2.16. The number of nitrogens with zero attached hydrogens (tertiary/aromatic N) is 4. The summed E-state index contributed by atoms with van der Waals surface area (Å²) in [5.74, 6) is 0. The summed E-state index contributed by atoms with van der Waals surface area (Å²) in [6, 6.07) is 6.01. The molecule has 0 amide bonds. The molecule has 0 aliphatic heterocycles. The van der Waals surface area contributed by atoms with Crippen molar-refractivity contribution in [3.63, 3.8) is 0 Å². The predicted octanol–water partition coefficient (Wildman–Crippen LogP) is 2.26. The lowest BCUT2D eigenvalue weighted by Gasteiger charge is -2.11. The zero-order valence-electron chi connectivity index (χ0n) is 11.6. The highest BCUT2D eigenvalue weighted by atomic mass is 16.6. The van der Waals surface area contributed by atoms with Gasteiger partial charge in [0.25, 0.3) is 0 Å². The Morgan fingerprint density at radius 3 is 2.75 bits per heavy atom. The van der Waals surface area contributed by atoms with Crippen molar-refractivity contribution in [1.82, 2.24) is 20.3 Å². The minimum absolute atomic E-state index is 0.521. The van der Waals surface area contributed by atoms with Gasteiger partial charge in [0.05, 0.1) is 5.69 Å². The summed E-state index contributed by atoms with van der Waals surface area (Å²) < 4.78 is 4.77. The number of rotatable bonds is 3. The van der Waals surface area contributed by atoms with Crippen LogP contribution in [0.15, 0.2) is 22.8 Å². The van der Waals surface area contributed by atoms with E-state index in [0.29, 0.717) is 17.6 Å². The van der Waals surface area contributed by atoms with Crippen LogP contribution in [-0.2, 0) is 6.42 Å². The third-order valence-corrected chi connectivity index (χ3v) is 3.27. The van der Waals surface area contributed by atoms with Gasteiger partial charge in [-0.3, -0.25) is 4.98 Å². The summed E-state index contributed by atoms with van der Waals surface area (Å²) in [4.78, 5) is 8.97. The number of hydrogen-bond acceptors (Lipinski definition) is 6. The molecular formula is C14H15N5O. The lowest BCUT2D eigenvalue weighted by Crippen LogP contribution is -2.04. The topological polar surface area (TPSA) is 76.7 Å². The number of hydrogen-bond donors (Lipinski definition) is 1. The second-order valence-corrected chi connectivity index (χ2v) is 4.68. The van der Waals surface area contributed by atoms with Crippen molar-refractivity contribution in [1.29, 1.82) is 0 Å². The van der Waals surface area contributed by atoms with Crippen LogP contribution in [0.1, 0.15) is 22.6 Å². The van der Waals surface area contributed by atoms with Gasteiger partial charge in [0.15, 0.2) is 5.52 Å². The molecule has 3 heterocycles. The van der Waals surface area contributed by atoms with E-state index in [0.717, 1.165) is 28.3 Å². The standard InChI is InChI=1S/C14H15N5O/c1-8-5-4-6-10(16-8)7-11-9(2)17-14-13(12(11)15-3)18-20-19-14/h4-6,15H,7H2,1-3H3. The first-order valence-electron chi connectivity index (χ1n) is 6.41. The Hall–Kier alpha value is -2.50. The van der Waals surface area contributed by atoms with E-state index < -0.39 is 0 Å². The van der Waals surface area contributed by atoms with Crippen LogP contribution in [-0.4, -0.2) is 27.3 Å². The summed E-state index contributed by atoms with van der Waals surface area (Å²) in [6.45, 7) is 3.94. The minimum Gasteiger partial charge on any atom is -0.386 e. The highest BCUT2D eigenvalue weighted by molar-refractivity contribution is 5.87. The first-order chi connectivity index (χ1) is 9.69. The van der Waals surface area contributed by atoms with Gasteiger partial charge in [0, 0.05) is 36.1 Å². The van der Waals surface area contributed by atoms with E-state index in [1.807, 2.05) is 39.1 Å². The number of aryl methyl sites for hydroxylation is 2. The number of aromatic nitrogens is 4. The molecule has 0 aliphatic carbocycles. The van der Waals surface area contributed by atoms with E-state index >= 15 is 0 Å². The maximum absolute atomic E-state index is 4.77. The average Bonchev–Trinajstić information content (AvgIpc) is 2.87. The van der Waals surface area contributed by atoms with E-state index in [4.69, 9.17) is 4.63 Å². The van der Waals surface area contributed by atoms with Crippen molar-refractivity contribution >= 4 is 16.9 Å². The molecule has 0 aromatic carbocycles. The Balaban J connectivity index is 2.12. The zero-order chi connectivity index (χ0) is 14.1. The molecule has 0 radical (unpaired) electrons. The number of nitrogens with one attached hydrogen (secondary N) is 1. The van der Waals surface area contributed by atoms with E-state index in [1.165, 1.54) is 0 Å². The van der Waals surface area contributed by atoms with Gasteiger partial charge >= 0.3 is 0 Å². The second-order valence-electron chi connectivity index (χ2n) is 4.68. The molecular weight excluding hydrogens is 254 g/mol. The van der Waals surface area contributed by atoms with Gasteiger partial charge < -0.3 is 5.32 Å². The predicted molar refractivity (Wildman–Crippen MR) is 75.7 cm³/mol. The molecule has 0 unspecified atom stereocenters. The Kier molecular flexibility index (Phi) is 3.06. The van der Waals surface area contributed by atoms with Crippen molar-refractivity contribution in [2.75, 3.05) is 12.4 Å². The molecule has 6 heteroatoms. The first-order valence-corrected chi connectivity index (χ1v) is 6.41. The van der Waals surface area contributed by atoms with E-state index in [1.54, 1.807) is 0 Å². The molecule has 1 N–H and O–H groups in total. The van der Waals surface area contributed by atoms with Crippen LogP contribution in [0.5, 0.6) is 0 Å². The SMILES string of the molecule is CNc1c(Cc2cccc(C)n2)c(C)nc2nonc12. The lowest BCUT2D eigenvalue weighted by atomic mass is 10.0. The molecule has 0 aliphatic rings. The van der Waals surface area contributed by atoms with Crippen LogP contribution in [0.3, 0.4) is 0 Å². The monoisotopic (exact) mass is 269 g/mol. The van der Waals surface area contributed by atoms with Crippen LogP contribution in [0.25, 0.3) is 11.2 Å². The van der Waals surface area contributed by atoms with E-state index in [2.05, 4.69) is 25.6 Å². The fourth-order valence-corrected chi connectivity index (χ4v) is 2.33. The number of anilines is 1. The summed E-state index contributed by atoms with van der Waals surface area (Å²) in [6.07, 6.45) is 0.694. The summed E-state index contributed by atoms with van der Waals surface area (Å²) in [5, 5.41) is 10.9. The van der Waals surface area contributed by atoms with Crippen molar-refractivity contribution in [2.45, 2.75) is 20.3 Å². The molecule has 0 bridgehead atoms. The van der Waals surface area contributed by atoms with Gasteiger partial charge in [0.1, 0.15) is 0 Å². The summed E-state index contributed by atoms with van der Waals surface area (Å²) in [7, 11) is 1.86. The van der Waals surface area contributed by atoms with Crippen molar-refractivity contribution in [3.8, 4) is 0 Å². The Labute approximate surface area is 116 Å². The van der Waals surface area contributed by atoms with Gasteiger partial charge in [-0.25, -0.2) is 9.61 Å². The van der Waals surface area contributed by atoms with Crippen molar-refractivity contribution in [2.24, 2.45) is 0 Å². The fourth-order valence-electron chi connectivity index (χ4n) is 2.33. The summed E-state index contributed by atoms with van der Waals surface area (Å²) in [5.41, 5.74) is 6.05. The fraction of sp³-hybridized carbons (Fsp3) is 0.286. The van der Waals surface area contributed by atoms with E-state index in [9.17, 15) is 0 Å². The molecule has 0 saturated carbocycles. The molecule has 0 atom stereocenters. The van der Waals surface area contributed by atoms with Gasteiger partial charge in [-0.1, -0.05) is 6.07 Å². The van der Waals surface area contributed by atoms with Gasteiger partial charge in [-0.15, -0.1) is 0 Å². The molecule has 3 rings (SSSR count). The third kappa shape index (κ3) is 2.09. The van der Waals surface area contributed by atoms with Crippen LogP contribution in [0.4, 0.5) is 5.69 Å². The minimum atomic E-state index is 0.521. The highest BCUT2D eigenvalue weighted by Crippen LogP contribution is 2.27. The van der Waals surface area contributed by atoms with Gasteiger partial charge in [-0.05, 0) is 36.3 Å². The van der Waals surface area contributed by atoms with Crippen molar-refractivity contribution in [3.05, 3.63) is 40.8 Å². The van der Waals surface area contributed by atoms with Crippen LogP contribution in [0, 0.1) is 13.8 Å². The largest absolute Gasteiger partial charge is 0.386 e. The molecule has 0 fully saturated rings. The molecule has 20 heavy (non-hydrogen) atoms. The van der Waals surface area contributed by atoms with E-state index in [-0.39, 0.29) is 0 Å².